The van der Waals surface area contributed by atoms with E-state index in [9.17, 15) is 9.90 Å². The van der Waals surface area contributed by atoms with E-state index >= 15 is 0 Å². The molecule has 0 aliphatic heterocycles. The van der Waals surface area contributed by atoms with Crippen LogP contribution in [0.3, 0.4) is 0 Å². The molecular weight excluding hydrogens is 520 g/mol. The van der Waals surface area contributed by atoms with Crippen LogP contribution < -0.4 is 4.74 Å². The van der Waals surface area contributed by atoms with E-state index in [1.54, 1.807) is 6.92 Å². The summed E-state index contributed by atoms with van der Waals surface area (Å²) in [7, 11) is 0. The molecule has 210 valence electrons. The number of aliphatic carboxylic acids is 1. The molecule has 0 fully saturated rings. The lowest BCUT2D eigenvalue weighted by molar-refractivity contribution is -0.149. The summed E-state index contributed by atoms with van der Waals surface area (Å²) in [6.07, 6.45) is 1.57. The summed E-state index contributed by atoms with van der Waals surface area (Å²) in [6, 6.07) is 45.5. The van der Waals surface area contributed by atoms with Crippen LogP contribution in [-0.4, -0.2) is 30.4 Å². The van der Waals surface area contributed by atoms with Crippen LogP contribution in [0, 0.1) is 0 Å². The van der Waals surface area contributed by atoms with Crippen molar-refractivity contribution < 1.29 is 19.4 Å². The van der Waals surface area contributed by atoms with Gasteiger partial charge in [0.1, 0.15) is 12.4 Å². The number of ether oxygens (including phenoxy) is 2. The maximum Gasteiger partial charge on any atom is 0.333 e. The minimum absolute atomic E-state index is 0.311. The van der Waals surface area contributed by atoms with E-state index in [1.807, 2.05) is 36.4 Å². The number of carboxylic acid groups (broad SMARTS) is 1. The van der Waals surface area contributed by atoms with Crippen LogP contribution in [0.2, 0.25) is 0 Å². The average Bonchev–Trinajstić information content (AvgIpc) is 3.05. The van der Waals surface area contributed by atoms with Crippen molar-refractivity contribution in [2.45, 2.75) is 19.4 Å². The van der Waals surface area contributed by atoms with E-state index < -0.39 is 12.1 Å². The summed E-state index contributed by atoms with van der Waals surface area (Å²) in [6.45, 7) is 2.53. The molecule has 0 bridgehead atoms. The average molecular weight is 555 g/mol. The van der Waals surface area contributed by atoms with Gasteiger partial charge in [0.2, 0.25) is 0 Å². The molecule has 0 saturated carbocycles. The first kappa shape index (κ1) is 28.6. The van der Waals surface area contributed by atoms with E-state index in [2.05, 4.69) is 103 Å². The Morgan fingerprint density at radius 2 is 1.14 bits per heavy atom. The second-order valence-corrected chi connectivity index (χ2v) is 9.95. The molecule has 0 aliphatic rings. The summed E-state index contributed by atoms with van der Waals surface area (Å²) in [5.74, 6) is -0.236. The van der Waals surface area contributed by atoms with Gasteiger partial charge in [0.05, 0.1) is 0 Å². The SMILES string of the molecule is CCO[C@@H](Cc1ccc(OCC=C(c2ccc(-c3ccccc3)cc2)c2ccc(-c3ccccc3)cc2)cc1)C(=O)O. The zero-order valence-electron chi connectivity index (χ0n) is 23.6. The third-order valence-electron chi connectivity index (χ3n) is 7.13. The second kappa shape index (κ2) is 14.1. The number of hydrogen-bond donors (Lipinski definition) is 1. The predicted octanol–water partition coefficient (Wildman–Crippen LogP) is 8.56. The van der Waals surface area contributed by atoms with Gasteiger partial charge in [-0.2, -0.15) is 0 Å². The van der Waals surface area contributed by atoms with E-state index in [0.29, 0.717) is 19.6 Å². The number of hydrogen-bond acceptors (Lipinski definition) is 3. The van der Waals surface area contributed by atoms with Gasteiger partial charge in [-0.15, -0.1) is 0 Å². The van der Waals surface area contributed by atoms with Crippen LogP contribution in [0.15, 0.2) is 140 Å². The van der Waals surface area contributed by atoms with E-state index in [0.717, 1.165) is 28.0 Å². The number of carbonyl (C=O) groups is 1. The lowest BCUT2D eigenvalue weighted by Gasteiger charge is -2.13. The van der Waals surface area contributed by atoms with E-state index in [4.69, 9.17) is 9.47 Å². The second-order valence-electron chi connectivity index (χ2n) is 9.95. The molecule has 1 N–H and O–H groups in total. The van der Waals surface area contributed by atoms with Gasteiger partial charge in [-0.25, -0.2) is 4.79 Å². The minimum atomic E-state index is -0.955. The Bertz CT molecular complexity index is 1500. The fourth-order valence-electron chi connectivity index (χ4n) is 4.92. The van der Waals surface area contributed by atoms with Crippen molar-refractivity contribution in [1.29, 1.82) is 0 Å². The Balaban J connectivity index is 1.36. The van der Waals surface area contributed by atoms with Crippen molar-refractivity contribution in [2.24, 2.45) is 0 Å². The highest BCUT2D eigenvalue weighted by Crippen LogP contribution is 2.29. The van der Waals surface area contributed by atoms with E-state index in [-0.39, 0.29) is 0 Å². The molecule has 0 aliphatic carbocycles. The maximum atomic E-state index is 11.4. The molecule has 0 heterocycles. The molecule has 4 nitrogen and oxygen atoms in total. The Hall–Kier alpha value is -4.93. The summed E-state index contributed by atoms with van der Waals surface area (Å²) in [5.41, 5.74) is 8.90. The van der Waals surface area contributed by atoms with Crippen molar-refractivity contribution in [3.63, 3.8) is 0 Å². The Morgan fingerprint density at radius 3 is 1.60 bits per heavy atom. The van der Waals surface area contributed by atoms with Crippen LogP contribution >= 0.6 is 0 Å². The summed E-state index contributed by atoms with van der Waals surface area (Å²) in [5, 5.41) is 9.37. The molecule has 5 aromatic carbocycles. The molecule has 0 aromatic heterocycles. The predicted molar refractivity (Wildman–Crippen MR) is 170 cm³/mol. The lowest BCUT2D eigenvalue weighted by atomic mass is 9.94. The molecule has 1 atom stereocenters. The molecule has 5 rings (SSSR count). The first-order valence-electron chi connectivity index (χ1n) is 14.2. The van der Waals surface area contributed by atoms with Gasteiger partial charge in [0.15, 0.2) is 6.10 Å². The Kier molecular flexibility index (Phi) is 9.61. The standard InChI is InChI=1S/C38H34O4/c1-2-41-37(38(39)40)27-28-13-23-35(24-14-28)42-26-25-36(33-19-15-31(16-20-33)29-9-5-3-6-10-29)34-21-17-32(18-22-34)30-11-7-4-8-12-30/h3-25,37H,2,26-27H2,1H3,(H,39,40)/t37-/m0/s1. The van der Waals surface area contributed by atoms with Crippen LogP contribution in [0.5, 0.6) is 5.75 Å². The lowest BCUT2D eigenvalue weighted by Crippen LogP contribution is -2.26. The number of carboxylic acids is 1. The molecule has 0 spiro atoms. The maximum absolute atomic E-state index is 11.4. The van der Waals surface area contributed by atoms with Gasteiger partial charge in [-0.05, 0) is 69.6 Å². The van der Waals surface area contributed by atoms with Gasteiger partial charge in [-0.1, -0.05) is 121 Å². The molecule has 42 heavy (non-hydrogen) atoms. The fraction of sp³-hybridized carbons (Fsp3) is 0.132. The number of rotatable bonds is 12. The van der Waals surface area contributed by atoms with Crippen LogP contribution in [0.25, 0.3) is 27.8 Å². The Morgan fingerprint density at radius 1 is 0.667 bits per heavy atom. The normalized spacial score (nSPS) is 11.5. The highest BCUT2D eigenvalue weighted by molar-refractivity contribution is 5.82. The third-order valence-corrected chi connectivity index (χ3v) is 7.13. The van der Waals surface area contributed by atoms with Crippen molar-refractivity contribution in [2.75, 3.05) is 13.2 Å². The topological polar surface area (TPSA) is 55.8 Å². The molecular formula is C38H34O4. The van der Waals surface area contributed by atoms with E-state index in [1.165, 1.54) is 22.3 Å². The molecule has 5 aromatic rings. The van der Waals surface area contributed by atoms with Crippen molar-refractivity contribution in [3.05, 3.63) is 156 Å². The fourth-order valence-corrected chi connectivity index (χ4v) is 4.92. The Labute approximate surface area is 247 Å². The van der Waals surface area contributed by atoms with Gasteiger partial charge in [0.25, 0.3) is 0 Å². The van der Waals surface area contributed by atoms with Gasteiger partial charge < -0.3 is 14.6 Å². The van der Waals surface area contributed by atoms with Gasteiger partial charge in [0, 0.05) is 13.0 Å². The highest BCUT2D eigenvalue weighted by Gasteiger charge is 2.17. The quantitative estimate of drug-likeness (QED) is 0.168. The third kappa shape index (κ3) is 7.42. The van der Waals surface area contributed by atoms with Crippen LogP contribution in [0.1, 0.15) is 23.6 Å². The zero-order valence-corrected chi connectivity index (χ0v) is 23.6. The van der Waals surface area contributed by atoms with Crippen molar-refractivity contribution in [1.82, 2.24) is 0 Å². The number of benzene rings is 5. The molecule has 0 amide bonds. The minimum Gasteiger partial charge on any atom is -0.490 e. The summed E-state index contributed by atoms with van der Waals surface area (Å²) < 4.78 is 11.4. The van der Waals surface area contributed by atoms with Crippen molar-refractivity contribution in [3.8, 4) is 28.0 Å². The zero-order chi connectivity index (χ0) is 29.1. The first-order valence-corrected chi connectivity index (χ1v) is 14.2. The summed E-state index contributed by atoms with van der Waals surface area (Å²) >= 11 is 0. The molecule has 0 radical (unpaired) electrons. The van der Waals surface area contributed by atoms with Crippen LogP contribution in [-0.2, 0) is 16.0 Å². The first-order chi connectivity index (χ1) is 20.6. The van der Waals surface area contributed by atoms with Crippen LogP contribution in [0.4, 0.5) is 0 Å². The smallest absolute Gasteiger partial charge is 0.333 e. The van der Waals surface area contributed by atoms with Gasteiger partial charge >= 0.3 is 5.97 Å². The largest absolute Gasteiger partial charge is 0.490 e. The molecule has 0 saturated heterocycles. The van der Waals surface area contributed by atoms with Crippen molar-refractivity contribution >= 4 is 11.5 Å². The van der Waals surface area contributed by atoms with Gasteiger partial charge in [-0.3, -0.25) is 0 Å². The highest BCUT2D eigenvalue weighted by atomic mass is 16.5. The monoisotopic (exact) mass is 554 g/mol. The summed E-state index contributed by atoms with van der Waals surface area (Å²) in [4.78, 5) is 11.4. The molecule has 0 unspecified atom stereocenters. The molecule has 4 heteroatoms.